The predicted molar refractivity (Wildman–Crippen MR) is 99.8 cm³/mol. The maximum absolute atomic E-state index is 11.6. The summed E-state index contributed by atoms with van der Waals surface area (Å²) in [6.07, 6.45) is 5.05. The van der Waals surface area contributed by atoms with E-state index >= 15 is 0 Å². The SMILES string of the molecule is CC1(C)CCC(C)(C)c2cc(C(O)C3CCCCC3C(=O)O)ccc21. The first-order chi connectivity index (χ1) is 11.6. The third kappa shape index (κ3) is 3.36. The van der Waals surface area contributed by atoms with Crippen molar-refractivity contribution in [3.05, 3.63) is 34.9 Å². The molecule has 1 aromatic carbocycles. The summed E-state index contributed by atoms with van der Waals surface area (Å²) in [5, 5.41) is 20.5. The fourth-order valence-electron chi connectivity index (χ4n) is 4.88. The highest BCUT2D eigenvalue weighted by Crippen LogP contribution is 2.47. The zero-order valence-corrected chi connectivity index (χ0v) is 16.0. The molecule has 3 atom stereocenters. The van der Waals surface area contributed by atoms with Gasteiger partial charge in [-0.2, -0.15) is 0 Å². The lowest BCUT2D eigenvalue weighted by atomic mass is 9.62. The zero-order valence-electron chi connectivity index (χ0n) is 16.0. The lowest BCUT2D eigenvalue weighted by Gasteiger charge is -2.42. The summed E-state index contributed by atoms with van der Waals surface area (Å²) in [6, 6.07) is 6.36. The largest absolute Gasteiger partial charge is 0.481 e. The van der Waals surface area contributed by atoms with Crippen LogP contribution in [0.2, 0.25) is 0 Å². The minimum Gasteiger partial charge on any atom is -0.481 e. The Kier molecular flexibility index (Phi) is 4.74. The molecule has 3 nitrogen and oxygen atoms in total. The quantitative estimate of drug-likeness (QED) is 0.815. The molecule has 0 aliphatic heterocycles. The Balaban J connectivity index is 1.97. The highest BCUT2D eigenvalue weighted by atomic mass is 16.4. The lowest BCUT2D eigenvalue weighted by Crippen LogP contribution is -2.35. The molecule has 1 fully saturated rings. The van der Waals surface area contributed by atoms with Crippen molar-refractivity contribution in [2.75, 3.05) is 0 Å². The highest BCUT2D eigenvalue weighted by Gasteiger charge is 2.39. The standard InChI is InChI=1S/C22H32O3/c1-21(2)11-12-22(3,4)18-13-14(9-10-17(18)21)19(23)15-7-5-6-8-16(15)20(24)25/h9-10,13,15-16,19,23H,5-8,11-12H2,1-4H3,(H,24,25). The Morgan fingerprint density at radius 2 is 1.64 bits per heavy atom. The molecule has 2 aliphatic rings. The summed E-state index contributed by atoms with van der Waals surface area (Å²) < 4.78 is 0. The summed E-state index contributed by atoms with van der Waals surface area (Å²) in [7, 11) is 0. The summed E-state index contributed by atoms with van der Waals surface area (Å²) in [6.45, 7) is 9.13. The van der Waals surface area contributed by atoms with Gasteiger partial charge < -0.3 is 10.2 Å². The minimum absolute atomic E-state index is 0.0966. The van der Waals surface area contributed by atoms with Crippen LogP contribution in [0.4, 0.5) is 0 Å². The van der Waals surface area contributed by atoms with Crippen LogP contribution in [0.1, 0.15) is 89.0 Å². The van der Waals surface area contributed by atoms with Crippen LogP contribution in [0.15, 0.2) is 18.2 Å². The molecule has 1 aromatic rings. The van der Waals surface area contributed by atoms with Crippen LogP contribution in [0, 0.1) is 11.8 Å². The molecule has 0 bridgehead atoms. The minimum atomic E-state index is -0.761. The van der Waals surface area contributed by atoms with E-state index in [0.29, 0.717) is 6.42 Å². The topological polar surface area (TPSA) is 57.5 Å². The number of fused-ring (bicyclic) bond motifs is 1. The van der Waals surface area contributed by atoms with E-state index in [-0.39, 0.29) is 16.7 Å². The predicted octanol–water partition coefficient (Wildman–Crippen LogP) is 4.96. The molecule has 25 heavy (non-hydrogen) atoms. The Morgan fingerprint density at radius 1 is 1.04 bits per heavy atom. The second kappa shape index (κ2) is 6.42. The molecule has 3 unspecified atom stereocenters. The van der Waals surface area contributed by atoms with Crippen LogP contribution in [-0.4, -0.2) is 16.2 Å². The number of hydrogen-bond acceptors (Lipinski definition) is 2. The Hall–Kier alpha value is -1.35. The molecule has 0 radical (unpaired) electrons. The van der Waals surface area contributed by atoms with Gasteiger partial charge in [0.15, 0.2) is 0 Å². The second-order valence-electron chi connectivity index (χ2n) is 9.41. The van der Waals surface area contributed by atoms with E-state index in [0.717, 1.165) is 31.2 Å². The fourth-order valence-corrected chi connectivity index (χ4v) is 4.88. The van der Waals surface area contributed by atoms with E-state index in [1.807, 2.05) is 6.07 Å². The van der Waals surface area contributed by atoms with Gasteiger partial charge in [-0.25, -0.2) is 0 Å². The summed E-state index contributed by atoms with van der Waals surface area (Å²) in [5.41, 5.74) is 3.84. The maximum atomic E-state index is 11.6. The van der Waals surface area contributed by atoms with Crippen molar-refractivity contribution in [3.63, 3.8) is 0 Å². The average Bonchev–Trinajstić information content (AvgIpc) is 2.58. The van der Waals surface area contributed by atoms with Gasteiger partial charge in [-0.3, -0.25) is 4.79 Å². The first-order valence-corrected chi connectivity index (χ1v) is 9.69. The van der Waals surface area contributed by atoms with Gasteiger partial charge in [-0.1, -0.05) is 58.7 Å². The fraction of sp³-hybridized carbons (Fsp3) is 0.682. The number of rotatable bonds is 3. The Labute approximate surface area is 151 Å². The molecule has 3 heteroatoms. The number of benzene rings is 1. The molecule has 0 amide bonds. The molecule has 1 saturated carbocycles. The van der Waals surface area contributed by atoms with Gasteiger partial charge in [-0.15, -0.1) is 0 Å². The van der Waals surface area contributed by atoms with E-state index in [4.69, 9.17) is 0 Å². The van der Waals surface area contributed by atoms with Crippen molar-refractivity contribution in [3.8, 4) is 0 Å². The number of carbonyl (C=O) groups is 1. The molecule has 0 aromatic heterocycles. The van der Waals surface area contributed by atoms with Gasteiger partial charge in [0.25, 0.3) is 0 Å². The Morgan fingerprint density at radius 3 is 2.28 bits per heavy atom. The van der Waals surface area contributed by atoms with Crippen LogP contribution in [0.5, 0.6) is 0 Å². The molecule has 138 valence electrons. The van der Waals surface area contributed by atoms with Gasteiger partial charge in [0, 0.05) is 5.92 Å². The van der Waals surface area contributed by atoms with Crippen molar-refractivity contribution < 1.29 is 15.0 Å². The third-order valence-electron chi connectivity index (χ3n) is 6.76. The first-order valence-electron chi connectivity index (χ1n) is 9.69. The molecule has 2 N–H and O–H groups in total. The number of carboxylic acid groups (broad SMARTS) is 1. The third-order valence-corrected chi connectivity index (χ3v) is 6.76. The lowest BCUT2D eigenvalue weighted by molar-refractivity contribution is -0.147. The van der Waals surface area contributed by atoms with E-state index in [9.17, 15) is 15.0 Å². The first kappa shape index (κ1) is 18.4. The number of hydrogen-bond donors (Lipinski definition) is 2. The summed E-state index contributed by atoms with van der Waals surface area (Å²) in [4.78, 5) is 11.6. The van der Waals surface area contributed by atoms with Crippen LogP contribution >= 0.6 is 0 Å². The van der Waals surface area contributed by atoms with Gasteiger partial charge in [0.2, 0.25) is 0 Å². The van der Waals surface area contributed by atoms with Crippen LogP contribution in [-0.2, 0) is 15.6 Å². The Bertz CT molecular complexity index is 659. The van der Waals surface area contributed by atoms with E-state index in [1.54, 1.807) is 0 Å². The van der Waals surface area contributed by atoms with Gasteiger partial charge >= 0.3 is 5.97 Å². The molecular weight excluding hydrogens is 312 g/mol. The van der Waals surface area contributed by atoms with Gasteiger partial charge in [0.1, 0.15) is 0 Å². The number of carboxylic acids is 1. The second-order valence-corrected chi connectivity index (χ2v) is 9.41. The molecular formula is C22H32O3. The molecule has 3 rings (SSSR count). The highest BCUT2D eigenvalue weighted by molar-refractivity contribution is 5.70. The van der Waals surface area contributed by atoms with Crippen molar-refractivity contribution in [2.24, 2.45) is 11.8 Å². The maximum Gasteiger partial charge on any atom is 0.306 e. The summed E-state index contributed by atoms with van der Waals surface area (Å²) in [5.74, 6) is -1.36. The number of aliphatic hydroxyl groups excluding tert-OH is 1. The van der Waals surface area contributed by atoms with E-state index in [1.165, 1.54) is 17.5 Å². The van der Waals surface area contributed by atoms with E-state index < -0.39 is 18.0 Å². The summed E-state index contributed by atoms with van der Waals surface area (Å²) >= 11 is 0. The molecule has 0 heterocycles. The van der Waals surface area contributed by atoms with Crippen molar-refractivity contribution >= 4 is 5.97 Å². The smallest absolute Gasteiger partial charge is 0.306 e. The van der Waals surface area contributed by atoms with Gasteiger partial charge in [0.05, 0.1) is 12.0 Å². The van der Waals surface area contributed by atoms with Crippen LogP contribution in [0.3, 0.4) is 0 Å². The molecule has 0 spiro atoms. The van der Waals surface area contributed by atoms with E-state index in [2.05, 4.69) is 39.8 Å². The number of aliphatic carboxylic acids is 1. The van der Waals surface area contributed by atoms with Crippen molar-refractivity contribution in [1.29, 1.82) is 0 Å². The molecule has 0 saturated heterocycles. The average molecular weight is 344 g/mol. The van der Waals surface area contributed by atoms with Gasteiger partial charge in [-0.05, 0) is 53.2 Å². The zero-order chi connectivity index (χ0) is 18.4. The van der Waals surface area contributed by atoms with Crippen molar-refractivity contribution in [2.45, 2.75) is 83.2 Å². The molecule has 2 aliphatic carbocycles. The number of aliphatic hydroxyl groups is 1. The normalized spacial score (nSPS) is 28.8. The monoisotopic (exact) mass is 344 g/mol. The van der Waals surface area contributed by atoms with Crippen molar-refractivity contribution in [1.82, 2.24) is 0 Å². The van der Waals surface area contributed by atoms with Crippen LogP contribution < -0.4 is 0 Å². The van der Waals surface area contributed by atoms with Crippen LogP contribution in [0.25, 0.3) is 0 Å².